The Morgan fingerprint density at radius 3 is 2.60 bits per heavy atom. The third kappa shape index (κ3) is 3.10. The van der Waals surface area contributed by atoms with Crippen LogP contribution in [0.15, 0.2) is 65.2 Å². The zero-order chi connectivity index (χ0) is 17.2. The highest BCUT2D eigenvalue weighted by Crippen LogP contribution is 2.24. The summed E-state index contributed by atoms with van der Waals surface area (Å²) in [6.45, 7) is 0.767. The lowest BCUT2D eigenvalue weighted by Gasteiger charge is -2.38. The molecular weight excluding hydrogens is 323 g/mol. The van der Waals surface area contributed by atoms with Gasteiger partial charge in [0.15, 0.2) is 11.6 Å². The molecule has 5 nitrogen and oxygen atoms in total. The fourth-order valence-corrected chi connectivity index (χ4v) is 2.68. The van der Waals surface area contributed by atoms with Crippen LogP contribution in [-0.4, -0.2) is 35.2 Å². The van der Waals surface area contributed by atoms with E-state index in [1.54, 1.807) is 29.2 Å². The van der Waals surface area contributed by atoms with Crippen molar-refractivity contribution in [2.75, 3.05) is 13.1 Å². The molecule has 1 aliphatic rings. The van der Waals surface area contributed by atoms with Crippen LogP contribution in [0.3, 0.4) is 0 Å². The molecule has 1 fully saturated rings. The fraction of sp³-hybridized carbons (Fsp3) is 0.158. The predicted molar refractivity (Wildman–Crippen MR) is 88.7 cm³/mol. The smallest absolute Gasteiger partial charge is 0.292 e. The van der Waals surface area contributed by atoms with Crippen molar-refractivity contribution in [1.82, 2.24) is 10.1 Å². The number of para-hydroxylation sites is 1. The molecule has 25 heavy (non-hydrogen) atoms. The van der Waals surface area contributed by atoms with Gasteiger partial charge in [-0.2, -0.15) is 0 Å². The first kappa shape index (κ1) is 15.4. The van der Waals surface area contributed by atoms with Crippen molar-refractivity contribution in [2.24, 2.45) is 0 Å². The van der Waals surface area contributed by atoms with E-state index in [0.29, 0.717) is 18.8 Å². The molecule has 0 saturated carbocycles. The Labute approximate surface area is 143 Å². The minimum absolute atomic E-state index is 0.184. The third-order valence-corrected chi connectivity index (χ3v) is 4.06. The van der Waals surface area contributed by atoms with Gasteiger partial charge < -0.3 is 14.2 Å². The Hall–Kier alpha value is -3.15. The monoisotopic (exact) mass is 338 g/mol. The van der Waals surface area contributed by atoms with Gasteiger partial charge in [0.05, 0.1) is 13.1 Å². The number of ether oxygens (including phenoxy) is 1. The Balaban J connectivity index is 1.37. The number of hydrogen-bond donors (Lipinski definition) is 0. The molecule has 1 aliphatic heterocycles. The van der Waals surface area contributed by atoms with E-state index in [2.05, 4.69) is 5.16 Å². The van der Waals surface area contributed by atoms with Crippen molar-refractivity contribution in [2.45, 2.75) is 6.10 Å². The molecule has 1 saturated heterocycles. The third-order valence-electron chi connectivity index (χ3n) is 4.06. The molecular formula is C19H15FN2O3. The number of benzene rings is 2. The van der Waals surface area contributed by atoms with Crippen LogP contribution in [-0.2, 0) is 0 Å². The topological polar surface area (TPSA) is 55.6 Å². The van der Waals surface area contributed by atoms with Crippen molar-refractivity contribution < 1.29 is 18.4 Å². The second kappa shape index (κ2) is 6.39. The van der Waals surface area contributed by atoms with E-state index in [9.17, 15) is 9.18 Å². The molecule has 126 valence electrons. The van der Waals surface area contributed by atoms with E-state index < -0.39 is 5.82 Å². The minimum Gasteiger partial charge on any atom is -0.484 e. The summed E-state index contributed by atoms with van der Waals surface area (Å²) in [6, 6.07) is 17.3. The molecule has 0 radical (unpaired) electrons. The molecule has 1 aromatic heterocycles. The SMILES string of the molecule is O=C(c1cc(-c2ccccc2)no1)N1CC(Oc2ccccc2F)C1. The molecule has 0 atom stereocenters. The molecule has 1 amide bonds. The summed E-state index contributed by atoms with van der Waals surface area (Å²) in [4.78, 5) is 14.0. The number of amides is 1. The molecule has 0 aliphatic carbocycles. The Morgan fingerprint density at radius 1 is 1.12 bits per heavy atom. The molecule has 2 heterocycles. The number of hydrogen-bond acceptors (Lipinski definition) is 4. The van der Waals surface area contributed by atoms with Crippen LogP contribution >= 0.6 is 0 Å². The van der Waals surface area contributed by atoms with Gasteiger partial charge in [-0.1, -0.05) is 47.6 Å². The van der Waals surface area contributed by atoms with Gasteiger partial charge in [0.25, 0.3) is 5.91 Å². The van der Waals surface area contributed by atoms with Gasteiger partial charge in [0.1, 0.15) is 11.8 Å². The number of halogens is 1. The number of rotatable bonds is 4. The van der Waals surface area contributed by atoms with Gasteiger partial charge in [-0.05, 0) is 12.1 Å². The van der Waals surface area contributed by atoms with Crippen LogP contribution in [0.25, 0.3) is 11.3 Å². The van der Waals surface area contributed by atoms with Crippen molar-refractivity contribution in [3.63, 3.8) is 0 Å². The lowest BCUT2D eigenvalue weighted by molar-refractivity contribution is 0.0136. The first-order chi connectivity index (χ1) is 12.2. The van der Waals surface area contributed by atoms with Crippen LogP contribution in [0.4, 0.5) is 4.39 Å². The Morgan fingerprint density at radius 2 is 1.84 bits per heavy atom. The van der Waals surface area contributed by atoms with Crippen molar-refractivity contribution in [3.05, 3.63) is 72.2 Å². The van der Waals surface area contributed by atoms with E-state index in [4.69, 9.17) is 9.26 Å². The van der Waals surface area contributed by atoms with Gasteiger partial charge in [-0.3, -0.25) is 4.79 Å². The van der Waals surface area contributed by atoms with Crippen LogP contribution in [0, 0.1) is 5.82 Å². The Kier molecular flexibility index (Phi) is 3.93. The van der Waals surface area contributed by atoms with E-state index in [-0.39, 0.29) is 23.5 Å². The molecule has 0 unspecified atom stereocenters. The highest BCUT2D eigenvalue weighted by molar-refractivity contribution is 5.93. The van der Waals surface area contributed by atoms with Crippen LogP contribution in [0.5, 0.6) is 5.75 Å². The quantitative estimate of drug-likeness (QED) is 0.732. The molecule has 6 heteroatoms. The summed E-state index contributed by atoms with van der Waals surface area (Å²) in [7, 11) is 0. The zero-order valence-corrected chi connectivity index (χ0v) is 13.3. The normalized spacial score (nSPS) is 14.2. The largest absolute Gasteiger partial charge is 0.484 e. The van der Waals surface area contributed by atoms with Crippen molar-refractivity contribution in [3.8, 4) is 17.0 Å². The highest BCUT2D eigenvalue weighted by Gasteiger charge is 2.35. The zero-order valence-electron chi connectivity index (χ0n) is 13.3. The molecule has 0 spiro atoms. The van der Waals surface area contributed by atoms with Gasteiger partial charge in [0.2, 0.25) is 5.76 Å². The molecule has 0 N–H and O–H groups in total. The molecule has 2 aromatic carbocycles. The molecule has 3 aromatic rings. The summed E-state index contributed by atoms with van der Waals surface area (Å²) in [5, 5.41) is 3.94. The van der Waals surface area contributed by atoms with Crippen LogP contribution in [0.1, 0.15) is 10.6 Å². The van der Waals surface area contributed by atoms with Crippen molar-refractivity contribution in [1.29, 1.82) is 0 Å². The number of likely N-dealkylation sites (tertiary alicyclic amines) is 1. The first-order valence-electron chi connectivity index (χ1n) is 7.93. The number of nitrogens with zero attached hydrogens (tertiary/aromatic N) is 2. The van der Waals surface area contributed by atoms with Gasteiger partial charge in [0, 0.05) is 11.6 Å². The Bertz CT molecular complexity index is 888. The van der Waals surface area contributed by atoms with E-state index in [0.717, 1.165) is 5.56 Å². The maximum Gasteiger partial charge on any atom is 0.292 e. The van der Waals surface area contributed by atoms with E-state index in [1.165, 1.54) is 6.07 Å². The summed E-state index contributed by atoms with van der Waals surface area (Å²) in [5.74, 6) is -0.271. The fourth-order valence-electron chi connectivity index (χ4n) is 2.68. The second-order valence-electron chi connectivity index (χ2n) is 5.82. The standard InChI is InChI=1S/C19H15FN2O3/c20-15-8-4-5-9-17(15)24-14-11-22(12-14)19(23)18-10-16(21-25-18)13-6-2-1-3-7-13/h1-10,14H,11-12H2. The van der Waals surface area contributed by atoms with Crippen LogP contribution < -0.4 is 4.74 Å². The minimum atomic E-state index is -0.407. The maximum atomic E-state index is 13.6. The summed E-state index contributed by atoms with van der Waals surface area (Å²) in [5.41, 5.74) is 1.50. The number of carbonyl (C=O) groups excluding carboxylic acids is 1. The average molecular weight is 338 g/mol. The molecule has 4 rings (SSSR count). The lowest BCUT2D eigenvalue weighted by Crippen LogP contribution is -2.56. The number of aromatic nitrogens is 1. The predicted octanol–water partition coefficient (Wildman–Crippen LogP) is 3.38. The highest BCUT2D eigenvalue weighted by atomic mass is 19.1. The van der Waals surface area contributed by atoms with Gasteiger partial charge in [-0.25, -0.2) is 4.39 Å². The number of carbonyl (C=O) groups is 1. The van der Waals surface area contributed by atoms with Crippen molar-refractivity contribution >= 4 is 5.91 Å². The summed E-state index contributed by atoms with van der Waals surface area (Å²) < 4.78 is 24.3. The summed E-state index contributed by atoms with van der Waals surface area (Å²) >= 11 is 0. The second-order valence-corrected chi connectivity index (χ2v) is 5.82. The van der Waals surface area contributed by atoms with E-state index in [1.807, 2.05) is 30.3 Å². The van der Waals surface area contributed by atoms with E-state index >= 15 is 0 Å². The van der Waals surface area contributed by atoms with Crippen LogP contribution in [0.2, 0.25) is 0 Å². The van der Waals surface area contributed by atoms with Gasteiger partial charge >= 0.3 is 0 Å². The summed E-state index contributed by atoms with van der Waals surface area (Å²) in [6.07, 6.45) is -0.225. The average Bonchev–Trinajstić information content (AvgIpc) is 3.09. The maximum absolute atomic E-state index is 13.6. The first-order valence-corrected chi connectivity index (χ1v) is 7.93. The lowest BCUT2D eigenvalue weighted by atomic mass is 10.1. The van der Waals surface area contributed by atoms with Gasteiger partial charge in [-0.15, -0.1) is 0 Å². The molecule has 0 bridgehead atoms.